The van der Waals surface area contributed by atoms with E-state index < -0.39 is 38.1 Å². The first-order valence-corrected chi connectivity index (χ1v) is 14.1. The van der Waals surface area contributed by atoms with Gasteiger partial charge < -0.3 is 5.32 Å². The molecule has 0 fully saturated rings. The number of thiazole rings is 1. The molecule has 0 aliphatic rings. The number of hydrogen-bond donors (Lipinski definition) is 2. The Labute approximate surface area is 223 Å². The van der Waals surface area contributed by atoms with Gasteiger partial charge in [0, 0.05) is 23.7 Å². The maximum atomic E-state index is 15.9. The number of halogens is 3. The Morgan fingerprint density at radius 1 is 0.974 bits per heavy atom. The molecule has 2 aromatic heterocycles. The van der Waals surface area contributed by atoms with Gasteiger partial charge in [-0.05, 0) is 36.8 Å². The maximum Gasteiger partial charge on any atom is 0.267 e. The van der Waals surface area contributed by atoms with E-state index in [4.69, 9.17) is 4.98 Å². The highest BCUT2D eigenvalue weighted by Gasteiger charge is 2.28. The number of nitrogens with one attached hydrogen (secondary N) is 2. The predicted molar refractivity (Wildman–Crippen MR) is 143 cm³/mol. The molecule has 4 aromatic rings. The number of rotatable bonds is 8. The zero-order valence-corrected chi connectivity index (χ0v) is 22.8. The number of sulfonamides is 1. The van der Waals surface area contributed by atoms with Gasteiger partial charge in [0.05, 0.1) is 27.0 Å². The Bertz CT molecular complexity index is 1560. The summed E-state index contributed by atoms with van der Waals surface area (Å²) in [5.41, 5.74) is -0.0698. The minimum Gasteiger partial charge on any atom is -0.354 e. The highest BCUT2D eigenvalue weighted by molar-refractivity contribution is 7.92. The van der Waals surface area contributed by atoms with Crippen molar-refractivity contribution in [1.29, 1.82) is 0 Å². The van der Waals surface area contributed by atoms with Crippen molar-refractivity contribution < 1.29 is 21.6 Å². The van der Waals surface area contributed by atoms with Crippen LogP contribution in [0.5, 0.6) is 0 Å². The van der Waals surface area contributed by atoms with Crippen molar-refractivity contribution in [2.75, 3.05) is 16.6 Å². The van der Waals surface area contributed by atoms with Crippen molar-refractivity contribution >= 4 is 33.0 Å². The summed E-state index contributed by atoms with van der Waals surface area (Å²) in [5, 5.41) is 3.83. The molecule has 0 spiro atoms. The minimum absolute atomic E-state index is 0.00244. The molecule has 0 aliphatic carbocycles. The molecular formula is C26H26F3N5O2S2. The van der Waals surface area contributed by atoms with Crippen LogP contribution in [0.4, 0.5) is 24.8 Å². The molecule has 38 heavy (non-hydrogen) atoms. The van der Waals surface area contributed by atoms with Gasteiger partial charge in [-0.3, -0.25) is 4.72 Å². The van der Waals surface area contributed by atoms with E-state index in [1.54, 1.807) is 12.3 Å². The van der Waals surface area contributed by atoms with Gasteiger partial charge >= 0.3 is 0 Å². The molecule has 2 N–H and O–H groups in total. The predicted octanol–water partition coefficient (Wildman–Crippen LogP) is 6.60. The molecule has 0 saturated carbocycles. The number of hydrogen-bond acceptors (Lipinski definition) is 7. The Hall–Kier alpha value is -3.51. The molecule has 12 heteroatoms. The van der Waals surface area contributed by atoms with E-state index in [-0.39, 0.29) is 16.7 Å². The molecular weight excluding hydrogens is 535 g/mol. The summed E-state index contributed by atoms with van der Waals surface area (Å²) in [7, 11) is -4.78. The molecule has 0 radical (unpaired) electrons. The highest BCUT2D eigenvalue weighted by Crippen LogP contribution is 2.42. The van der Waals surface area contributed by atoms with E-state index >= 15 is 4.39 Å². The molecule has 4 rings (SSSR count). The van der Waals surface area contributed by atoms with Crippen molar-refractivity contribution in [1.82, 2.24) is 15.0 Å². The highest BCUT2D eigenvalue weighted by atomic mass is 32.2. The molecule has 200 valence electrons. The van der Waals surface area contributed by atoms with Crippen LogP contribution in [0.15, 0.2) is 53.6 Å². The molecule has 2 aromatic carbocycles. The van der Waals surface area contributed by atoms with Crippen LogP contribution in [0.3, 0.4) is 0 Å². The number of nitrogens with zero attached hydrogens (tertiary/aromatic N) is 3. The first kappa shape index (κ1) is 27.5. The van der Waals surface area contributed by atoms with Gasteiger partial charge in [0.15, 0.2) is 10.7 Å². The Morgan fingerprint density at radius 3 is 2.32 bits per heavy atom. The Morgan fingerprint density at radius 2 is 1.66 bits per heavy atom. The Kier molecular flexibility index (Phi) is 7.75. The average molecular weight is 562 g/mol. The van der Waals surface area contributed by atoms with Crippen LogP contribution in [0, 0.1) is 17.5 Å². The van der Waals surface area contributed by atoms with Crippen molar-refractivity contribution in [2.45, 2.75) is 44.4 Å². The third-order valence-electron chi connectivity index (χ3n) is 5.38. The molecule has 0 amide bonds. The van der Waals surface area contributed by atoms with Gasteiger partial charge in [0.25, 0.3) is 10.0 Å². The standard InChI is InChI=1S/C26H26F3N5O2S2/c1-5-13-30-25-31-14-12-19(32-25)22-21(33-24(37-22)26(2,3)4)15-8-6-11-18(20(15)29)34-38(35,36)23-16(27)9-7-10-17(23)28/h6-12,14,34H,5,13H2,1-4H3,(H,30,31,32). The van der Waals surface area contributed by atoms with E-state index in [2.05, 4.69) is 15.3 Å². The first-order valence-electron chi connectivity index (χ1n) is 11.8. The summed E-state index contributed by atoms with van der Waals surface area (Å²) in [5.74, 6) is -3.11. The summed E-state index contributed by atoms with van der Waals surface area (Å²) in [6, 6.07) is 8.41. The molecule has 0 unspecified atom stereocenters. The van der Waals surface area contributed by atoms with Crippen LogP contribution in [-0.2, 0) is 15.4 Å². The molecule has 0 atom stereocenters. The van der Waals surface area contributed by atoms with Crippen LogP contribution in [0.1, 0.15) is 39.1 Å². The average Bonchev–Trinajstić information content (AvgIpc) is 3.30. The van der Waals surface area contributed by atoms with Crippen molar-refractivity contribution in [3.05, 3.63) is 71.1 Å². The largest absolute Gasteiger partial charge is 0.354 e. The van der Waals surface area contributed by atoms with Crippen molar-refractivity contribution in [3.63, 3.8) is 0 Å². The zero-order chi connectivity index (χ0) is 27.7. The Balaban J connectivity index is 1.83. The lowest BCUT2D eigenvalue weighted by Crippen LogP contribution is -2.17. The van der Waals surface area contributed by atoms with Gasteiger partial charge in [-0.2, -0.15) is 0 Å². The van der Waals surface area contributed by atoms with Crippen molar-refractivity contribution in [2.24, 2.45) is 0 Å². The summed E-state index contributed by atoms with van der Waals surface area (Å²) < 4.78 is 71.8. The topological polar surface area (TPSA) is 96.9 Å². The number of benzene rings is 2. The van der Waals surface area contributed by atoms with Gasteiger partial charge in [-0.1, -0.05) is 39.8 Å². The quantitative estimate of drug-likeness (QED) is 0.251. The normalized spacial score (nSPS) is 12.0. The van der Waals surface area contributed by atoms with Gasteiger partial charge in [0.1, 0.15) is 11.6 Å². The van der Waals surface area contributed by atoms with Crippen LogP contribution in [0.2, 0.25) is 0 Å². The van der Waals surface area contributed by atoms with E-state index in [1.165, 1.54) is 29.5 Å². The third-order valence-corrected chi connectivity index (χ3v) is 8.30. The molecule has 7 nitrogen and oxygen atoms in total. The van der Waals surface area contributed by atoms with E-state index in [1.807, 2.05) is 32.4 Å². The second-order valence-electron chi connectivity index (χ2n) is 9.46. The summed E-state index contributed by atoms with van der Waals surface area (Å²) >= 11 is 1.34. The summed E-state index contributed by atoms with van der Waals surface area (Å²) in [6.45, 7) is 8.59. The smallest absolute Gasteiger partial charge is 0.267 e. The van der Waals surface area contributed by atoms with Gasteiger partial charge in [-0.15, -0.1) is 11.3 Å². The molecule has 0 aliphatic heterocycles. The van der Waals surface area contributed by atoms with Gasteiger partial charge in [0.2, 0.25) is 5.95 Å². The van der Waals surface area contributed by atoms with Crippen LogP contribution in [-0.4, -0.2) is 29.9 Å². The third kappa shape index (κ3) is 5.65. The van der Waals surface area contributed by atoms with Crippen molar-refractivity contribution in [3.8, 4) is 21.8 Å². The lowest BCUT2D eigenvalue weighted by Gasteiger charge is -2.14. The second kappa shape index (κ2) is 10.7. The van der Waals surface area contributed by atoms with Crippen LogP contribution < -0.4 is 10.0 Å². The zero-order valence-electron chi connectivity index (χ0n) is 21.1. The number of anilines is 2. The van der Waals surface area contributed by atoms with E-state index in [0.29, 0.717) is 28.1 Å². The molecule has 0 bridgehead atoms. The van der Waals surface area contributed by atoms with E-state index in [9.17, 15) is 17.2 Å². The minimum atomic E-state index is -4.78. The fraction of sp³-hybridized carbons (Fsp3) is 0.269. The van der Waals surface area contributed by atoms with Gasteiger partial charge in [-0.25, -0.2) is 36.5 Å². The summed E-state index contributed by atoms with van der Waals surface area (Å²) in [6.07, 6.45) is 2.46. The maximum absolute atomic E-state index is 15.9. The lowest BCUT2D eigenvalue weighted by atomic mass is 9.98. The molecule has 0 saturated heterocycles. The van der Waals surface area contributed by atoms with Crippen LogP contribution >= 0.6 is 11.3 Å². The monoisotopic (exact) mass is 561 g/mol. The first-order chi connectivity index (χ1) is 17.9. The van der Waals surface area contributed by atoms with E-state index in [0.717, 1.165) is 24.6 Å². The van der Waals surface area contributed by atoms with Crippen LogP contribution in [0.25, 0.3) is 21.8 Å². The fourth-order valence-corrected chi connectivity index (χ4v) is 5.84. The molecule has 2 heterocycles. The second-order valence-corrected chi connectivity index (χ2v) is 12.1. The number of aromatic nitrogens is 3. The fourth-order valence-electron chi connectivity index (χ4n) is 3.53. The SMILES string of the molecule is CCCNc1nccc(-c2sc(C(C)(C)C)nc2-c2cccc(NS(=O)(=O)c3c(F)cccc3F)c2F)n1. The lowest BCUT2D eigenvalue weighted by molar-refractivity contribution is 0.521. The summed E-state index contributed by atoms with van der Waals surface area (Å²) in [4.78, 5) is 12.9.